The highest BCUT2D eigenvalue weighted by molar-refractivity contribution is 5.32. The lowest BCUT2D eigenvalue weighted by Crippen LogP contribution is -2.37. The van der Waals surface area contributed by atoms with E-state index in [1.54, 1.807) is 0 Å². The molecule has 0 unspecified atom stereocenters. The molecule has 1 nitrogen and oxygen atoms in total. The van der Waals surface area contributed by atoms with E-state index >= 15 is 0 Å². The van der Waals surface area contributed by atoms with Crippen molar-refractivity contribution in [3.05, 3.63) is 76.9 Å². The van der Waals surface area contributed by atoms with Gasteiger partial charge in [-0.15, -0.1) is 0 Å². The van der Waals surface area contributed by atoms with Gasteiger partial charge in [0.25, 0.3) is 0 Å². The van der Waals surface area contributed by atoms with Crippen molar-refractivity contribution in [3.63, 3.8) is 0 Å². The molecule has 0 spiro atoms. The quantitative estimate of drug-likeness (QED) is 0.132. The average molecular weight is 613 g/mol. The third-order valence-corrected chi connectivity index (χ3v) is 9.25. The molecule has 0 amide bonds. The number of rotatable bonds is 12. The Morgan fingerprint density at radius 3 is 1.79 bits per heavy atom. The minimum Gasteiger partial charge on any atom is -0.432 e. The molecule has 0 radical (unpaired) electrons. The minimum absolute atomic E-state index is 0.148. The lowest BCUT2D eigenvalue weighted by molar-refractivity contribution is -0.223. The van der Waals surface area contributed by atoms with E-state index < -0.39 is 41.2 Å². The van der Waals surface area contributed by atoms with Crippen LogP contribution in [0.4, 0.5) is 30.7 Å². The summed E-state index contributed by atoms with van der Waals surface area (Å²) in [5, 5.41) is 0. The minimum atomic E-state index is -5.28. The van der Waals surface area contributed by atoms with Crippen LogP contribution in [0.15, 0.2) is 48.6 Å². The molecule has 2 aliphatic rings. The highest BCUT2D eigenvalue weighted by Gasteiger charge is 2.45. The van der Waals surface area contributed by atoms with E-state index in [1.807, 2.05) is 0 Å². The van der Waals surface area contributed by atoms with Crippen LogP contribution in [-0.4, -0.2) is 6.11 Å². The zero-order valence-electron chi connectivity index (χ0n) is 24.9. The summed E-state index contributed by atoms with van der Waals surface area (Å²) in [7, 11) is 0. The molecule has 0 aromatic heterocycles. The van der Waals surface area contributed by atoms with Crippen molar-refractivity contribution in [3.8, 4) is 5.75 Å². The second-order valence-corrected chi connectivity index (χ2v) is 12.4. The number of unbranched alkanes of at least 4 members (excludes halogenated alkanes) is 4. The molecule has 2 aromatic carbocycles. The van der Waals surface area contributed by atoms with Gasteiger partial charge in [0.15, 0.2) is 0 Å². The standard InChI is InChI=1S/C35H43F7O/c1-2-3-4-5-6-7-24-10-16-27(17-11-24)28-18-12-25(13-19-28)8-9-26-14-20-29(21-15-26)35(41,42)43-30-22-31(36)33(32(37)23-30)34(38,39)40/h8-11,16-17,22-23,25-26,28-29H,2-7,12-15,18-21H2,1H3/b9-8+. The van der Waals surface area contributed by atoms with E-state index in [1.165, 1.54) is 43.2 Å². The second kappa shape index (κ2) is 15.0. The summed E-state index contributed by atoms with van der Waals surface area (Å²) in [5.74, 6) is -4.89. The van der Waals surface area contributed by atoms with Gasteiger partial charge in [-0.2, -0.15) is 22.0 Å². The summed E-state index contributed by atoms with van der Waals surface area (Å²) in [6, 6.07) is 9.48. The van der Waals surface area contributed by atoms with Crippen LogP contribution in [0, 0.1) is 29.4 Å². The molecule has 0 bridgehead atoms. The average Bonchev–Trinajstić information content (AvgIpc) is 2.95. The van der Waals surface area contributed by atoms with E-state index in [9.17, 15) is 30.7 Å². The summed E-state index contributed by atoms with van der Waals surface area (Å²) >= 11 is 0. The molecule has 43 heavy (non-hydrogen) atoms. The summed E-state index contributed by atoms with van der Waals surface area (Å²) in [5.41, 5.74) is 0.708. The van der Waals surface area contributed by atoms with Crippen LogP contribution in [-0.2, 0) is 12.6 Å². The van der Waals surface area contributed by atoms with E-state index in [4.69, 9.17) is 0 Å². The Morgan fingerprint density at radius 1 is 0.721 bits per heavy atom. The van der Waals surface area contributed by atoms with Crippen LogP contribution in [0.5, 0.6) is 5.75 Å². The molecule has 0 heterocycles. The molecule has 0 atom stereocenters. The first kappa shape index (κ1) is 33.4. The maximum atomic E-state index is 14.8. The van der Waals surface area contributed by atoms with Gasteiger partial charge in [-0.05, 0) is 93.1 Å². The number of allylic oxidation sites excluding steroid dienone is 2. The number of alkyl halides is 5. The molecule has 2 saturated carbocycles. The van der Waals surface area contributed by atoms with Crippen LogP contribution >= 0.6 is 0 Å². The van der Waals surface area contributed by atoms with Gasteiger partial charge in [0.1, 0.15) is 22.9 Å². The first-order valence-electron chi connectivity index (χ1n) is 15.9. The highest BCUT2D eigenvalue weighted by Crippen LogP contribution is 2.43. The Balaban J connectivity index is 1.19. The normalized spacial score (nSPS) is 23.5. The largest absolute Gasteiger partial charge is 0.432 e. The number of halogens is 7. The molecule has 0 aliphatic heterocycles. The smallest absolute Gasteiger partial charge is 0.422 e. The van der Waals surface area contributed by atoms with Gasteiger partial charge >= 0.3 is 12.3 Å². The van der Waals surface area contributed by atoms with E-state index in [2.05, 4.69) is 48.1 Å². The van der Waals surface area contributed by atoms with Crippen molar-refractivity contribution in [1.82, 2.24) is 0 Å². The van der Waals surface area contributed by atoms with Gasteiger partial charge in [0.2, 0.25) is 0 Å². The van der Waals surface area contributed by atoms with Crippen LogP contribution < -0.4 is 4.74 Å². The SMILES string of the molecule is CCCCCCCc1ccc(C2CCC(/C=C/C3CCC(C(F)(F)Oc4cc(F)c(C(F)(F)F)c(F)c4)CC3)CC2)cc1. The molecule has 2 aromatic rings. The van der Waals surface area contributed by atoms with Crippen molar-refractivity contribution in [2.75, 3.05) is 0 Å². The fourth-order valence-electron chi connectivity index (χ4n) is 6.62. The Hall–Kier alpha value is -2.51. The maximum Gasteiger partial charge on any atom is 0.422 e. The third-order valence-electron chi connectivity index (χ3n) is 9.25. The predicted octanol–water partition coefficient (Wildman–Crippen LogP) is 11.8. The third kappa shape index (κ3) is 9.49. The molecule has 4 rings (SSSR count). The Morgan fingerprint density at radius 2 is 1.26 bits per heavy atom. The van der Waals surface area contributed by atoms with E-state index in [-0.39, 0.29) is 30.9 Å². The number of ether oxygens (including phenoxy) is 1. The first-order valence-corrected chi connectivity index (χ1v) is 15.9. The number of hydrogen-bond donors (Lipinski definition) is 0. The van der Waals surface area contributed by atoms with Crippen molar-refractivity contribution >= 4 is 0 Å². The van der Waals surface area contributed by atoms with Crippen molar-refractivity contribution in [1.29, 1.82) is 0 Å². The topological polar surface area (TPSA) is 9.23 Å². The van der Waals surface area contributed by atoms with Gasteiger partial charge in [-0.25, -0.2) is 8.78 Å². The van der Waals surface area contributed by atoms with Crippen molar-refractivity contribution < 1.29 is 35.5 Å². The van der Waals surface area contributed by atoms with Gasteiger partial charge in [-0.1, -0.05) is 69.0 Å². The lowest BCUT2D eigenvalue weighted by Gasteiger charge is -2.33. The lowest BCUT2D eigenvalue weighted by atomic mass is 9.77. The first-order chi connectivity index (χ1) is 20.5. The summed E-state index contributed by atoms with van der Waals surface area (Å²) < 4.78 is 100. The number of benzene rings is 2. The number of hydrogen-bond acceptors (Lipinski definition) is 1. The van der Waals surface area contributed by atoms with Crippen LogP contribution in [0.25, 0.3) is 0 Å². The highest BCUT2D eigenvalue weighted by atomic mass is 19.4. The van der Waals surface area contributed by atoms with Crippen molar-refractivity contribution in [2.24, 2.45) is 17.8 Å². The predicted molar refractivity (Wildman–Crippen MR) is 155 cm³/mol. The molecule has 0 saturated heterocycles. The van der Waals surface area contributed by atoms with Gasteiger partial charge < -0.3 is 4.74 Å². The van der Waals surface area contributed by atoms with Gasteiger partial charge in [0, 0.05) is 12.1 Å². The second-order valence-electron chi connectivity index (χ2n) is 12.4. The monoisotopic (exact) mass is 612 g/mol. The molecule has 0 N–H and O–H groups in total. The van der Waals surface area contributed by atoms with Crippen LogP contribution in [0.1, 0.15) is 113 Å². The Labute approximate surface area is 250 Å². The summed E-state index contributed by atoms with van der Waals surface area (Å²) in [4.78, 5) is 0. The summed E-state index contributed by atoms with van der Waals surface area (Å²) in [6.07, 6.45) is 8.76. The fourth-order valence-corrected chi connectivity index (χ4v) is 6.62. The van der Waals surface area contributed by atoms with E-state index in [0.717, 1.165) is 32.1 Å². The zero-order valence-corrected chi connectivity index (χ0v) is 24.9. The maximum absolute atomic E-state index is 14.8. The zero-order chi connectivity index (χ0) is 31.0. The Bertz CT molecular complexity index is 1150. The van der Waals surface area contributed by atoms with Gasteiger partial charge in [0.05, 0.1) is 5.92 Å². The van der Waals surface area contributed by atoms with E-state index in [0.29, 0.717) is 24.7 Å². The molecule has 2 aliphatic carbocycles. The van der Waals surface area contributed by atoms with Crippen LogP contribution in [0.3, 0.4) is 0 Å². The molecule has 238 valence electrons. The number of aryl methyl sites for hydroxylation is 1. The fraction of sp³-hybridized carbons (Fsp3) is 0.600. The molecule has 8 heteroatoms. The Kier molecular flexibility index (Phi) is 11.6. The molecular formula is C35H43F7O. The summed E-state index contributed by atoms with van der Waals surface area (Å²) in [6.45, 7) is 2.23. The molecular weight excluding hydrogens is 569 g/mol. The molecule has 2 fully saturated rings. The van der Waals surface area contributed by atoms with Crippen LogP contribution in [0.2, 0.25) is 0 Å². The van der Waals surface area contributed by atoms with Gasteiger partial charge in [-0.3, -0.25) is 0 Å². The van der Waals surface area contributed by atoms with Crippen molar-refractivity contribution in [2.45, 2.75) is 115 Å².